The Morgan fingerprint density at radius 1 is 1.00 bits per heavy atom. The second kappa shape index (κ2) is 8.39. The maximum absolute atomic E-state index is 12.4. The zero-order chi connectivity index (χ0) is 17.5. The largest absolute Gasteiger partial charge is 0.497 e. The van der Waals surface area contributed by atoms with Crippen LogP contribution in [0, 0.1) is 5.92 Å². The number of benzene rings is 2. The zero-order valence-electron chi connectivity index (χ0n) is 14.7. The third kappa shape index (κ3) is 4.75. The molecule has 0 fully saturated rings. The van der Waals surface area contributed by atoms with Crippen LogP contribution in [0.2, 0.25) is 0 Å². The number of carbonyl (C=O) groups excluding carboxylic acids is 1. The minimum Gasteiger partial charge on any atom is -0.497 e. The fourth-order valence-corrected chi connectivity index (χ4v) is 2.64. The van der Waals surface area contributed by atoms with E-state index in [0.29, 0.717) is 6.42 Å². The van der Waals surface area contributed by atoms with Crippen LogP contribution in [0.1, 0.15) is 31.0 Å². The summed E-state index contributed by atoms with van der Waals surface area (Å²) in [7, 11) is 3.27. The molecule has 0 heterocycles. The van der Waals surface area contributed by atoms with Crippen LogP contribution < -0.4 is 14.8 Å². The van der Waals surface area contributed by atoms with Gasteiger partial charge in [0.25, 0.3) is 0 Å². The first-order valence-electron chi connectivity index (χ1n) is 8.09. The normalized spacial score (nSPS) is 11.9. The molecule has 0 radical (unpaired) electrons. The van der Waals surface area contributed by atoms with Crippen molar-refractivity contribution >= 4 is 5.91 Å². The van der Waals surface area contributed by atoms with Gasteiger partial charge >= 0.3 is 0 Å². The summed E-state index contributed by atoms with van der Waals surface area (Å²) in [5.74, 6) is 1.85. The van der Waals surface area contributed by atoms with Gasteiger partial charge in [-0.05, 0) is 41.3 Å². The van der Waals surface area contributed by atoms with Crippen LogP contribution >= 0.6 is 0 Å². The predicted molar refractivity (Wildman–Crippen MR) is 95.4 cm³/mol. The van der Waals surface area contributed by atoms with Crippen molar-refractivity contribution in [2.24, 2.45) is 5.92 Å². The molecule has 1 N–H and O–H groups in total. The van der Waals surface area contributed by atoms with Crippen LogP contribution in [0.3, 0.4) is 0 Å². The molecule has 24 heavy (non-hydrogen) atoms. The van der Waals surface area contributed by atoms with E-state index in [0.717, 1.165) is 22.6 Å². The van der Waals surface area contributed by atoms with Crippen LogP contribution in [-0.4, -0.2) is 20.1 Å². The van der Waals surface area contributed by atoms with Crippen molar-refractivity contribution in [2.75, 3.05) is 14.2 Å². The number of methoxy groups -OCH3 is 2. The molecule has 1 amide bonds. The predicted octanol–water partition coefficient (Wildman–Crippen LogP) is 3.76. The van der Waals surface area contributed by atoms with Gasteiger partial charge in [-0.2, -0.15) is 0 Å². The monoisotopic (exact) mass is 327 g/mol. The lowest BCUT2D eigenvalue weighted by atomic mass is 9.95. The minimum absolute atomic E-state index is 0.00206. The molecule has 128 valence electrons. The van der Waals surface area contributed by atoms with Crippen LogP contribution in [0.4, 0.5) is 0 Å². The van der Waals surface area contributed by atoms with Gasteiger partial charge in [-0.25, -0.2) is 0 Å². The Bertz CT molecular complexity index is 665. The summed E-state index contributed by atoms with van der Waals surface area (Å²) in [5, 5.41) is 3.14. The smallest absolute Gasteiger partial charge is 0.224 e. The first-order chi connectivity index (χ1) is 11.5. The highest BCUT2D eigenvalue weighted by atomic mass is 16.5. The van der Waals surface area contributed by atoms with Crippen molar-refractivity contribution in [1.29, 1.82) is 0 Å². The van der Waals surface area contributed by atoms with E-state index < -0.39 is 0 Å². The van der Waals surface area contributed by atoms with Crippen molar-refractivity contribution in [1.82, 2.24) is 5.32 Å². The number of carbonyl (C=O) groups is 1. The van der Waals surface area contributed by atoms with Gasteiger partial charge in [0, 0.05) is 0 Å². The molecule has 2 aromatic rings. The molecule has 2 rings (SSSR count). The summed E-state index contributed by atoms with van der Waals surface area (Å²) in [4.78, 5) is 12.4. The number of rotatable bonds is 7. The van der Waals surface area contributed by atoms with E-state index in [-0.39, 0.29) is 17.9 Å². The SMILES string of the molecule is COc1ccc(C(NC(=O)Cc2cccc(OC)c2)C(C)C)cc1. The fraction of sp³-hybridized carbons (Fsp3) is 0.350. The maximum Gasteiger partial charge on any atom is 0.224 e. The van der Waals surface area contributed by atoms with E-state index in [9.17, 15) is 4.79 Å². The molecular weight excluding hydrogens is 302 g/mol. The van der Waals surface area contributed by atoms with Gasteiger partial charge in [-0.1, -0.05) is 38.1 Å². The quantitative estimate of drug-likeness (QED) is 0.842. The lowest BCUT2D eigenvalue weighted by Crippen LogP contribution is -2.32. The Labute approximate surface area is 143 Å². The van der Waals surface area contributed by atoms with Crippen molar-refractivity contribution in [3.8, 4) is 11.5 Å². The number of nitrogens with one attached hydrogen (secondary N) is 1. The van der Waals surface area contributed by atoms with Gasteiger partial charge in [0.15, 0.2) is 0 Å². The summed E-state index contributed by atoms with van der Waals surface area (Å²) in [6.45, 7) is 4.20. The lowest BCUT2D eigenvalue weighted by Gasteiger charge is -2.23. The van der Waals surface area contributed by atoms with Gasteiger partial charge in [-0.3, -0.25) is 4.79 Å². The first kappa shape index (κ1) is 17.9. The topological polar surface area (TPSA) is 47.6 Å². The average Bonchev–Trinajstić information content (AvgIpc) is 2.59. The molecular formula is C20H25NO3. The molecule has 0 aliphatic heterocycles. The molecule has 0 bridgehead atoms. The number of ether oxygens (including phenoxy) is 2. The molecule has 0 saturated carbocycles. The van der Waals surface area contributed by atoms with E-state index in [1.165, 1.54) is 0 Å². The highest BCUT2D eigenvalue weighted by Gasteiger charge is 2.18. The molecule has 0 saturated heterocycles. The Morgan fingerprint density at radius 2 is 1.67 bits per heavy atom. The van der Waals surface area contributed by atoms with Gasteiger partial charge in [-0.15, -0.1) is 0 Å². The molecule has 1 atom stereocenters. The maximum atomic E-state index is 12.4. The Balaban J connectivity index is 2.07. The summed E-state index contributed by atoms with van der Waals surface area (Å²) in [6.07, 6.45) is 0.330. The van der Waals surface area contributed by atoms with Crippen molar-refractivity contribution in [2.45, 2.75) is 26.3 Å². The van der Waals surface area contributed by atoms with Gasteiger partial charge in [0.1, 0.15) is 11.5 Å². The molecule has 0 aliphatic rings. The lowest BCUT2D eigenvalue weighted by molar-refractivity contribution is -0.121. The Morgan fingerprint density at radius 3 is 2.25 bits per heavy atom. The molecule has 4 heteroatoms. The van der Waals surface area contributed by atoms with Crippen LogP contribution in [-0.2, 0) is 11.2 Å². The van der Waals surface area contributed by atoms with E-state index in [1.54, 1.807) is 14.2 Å². The number of hydrogen-bond donors (Lipinski definition) is 1. The summed E-state index contributed by atoms with van der Waals surface area (Å²) in [6, 6.07) is 15.4. The third-order valence-corrected chi connectivity index (χ3v) is 3.96. The summed E-state index contributed by atoms with van der Waals surface area (Å²) < 4.78 is 10.4. The van der Waals surface area contributed by atoms with E-state index in [2.05, 4.69) is 19.2 Å². The van der Waals surface area contributed by atoms with Crippen LogP contribution in [0.5, 0.6) is 11.5 Å². The number of amides is 1. The molecule has 2 aromatic carbocycles. The second-order valence-corrected chi connectivity index (χ2v) is 6.09. The van der Waals surface area contributed by atoms with Gasteiger partial charge < -0.3 is 14.8 Å². The summed E-state index contributed by atoms with van der Waals surface area (Å²) >= 11 is 0. The van der Waals surface area contributed by atoms with E-state index >= 15 is 0 Å². The fourth-order valence-electron chi connectivity index (χ4n) is 2.64. The molecule has 1 unspecified atom stereocenters. The highest BCUT2D eigenvalue weighted by Crippen LogP contribution is 2.24. The van der Waals surface area contributed by atoms with Gasteiger partial charge in [0.05, 0.1) is 26.7 Å². The van der Waals surface area contributed by atoms with E-state index in [4.69, 9.17) is 9.47 Å². The van der Waals surface area contributed by atoms with Crippen molar-refractivity contribution in [3.05, 3.63) is 59.7 Å². The Hall–Kier alpha value is -2.49. The Kier molecular flexibility index (Phi) is 6.24. The van der Waals surface area contributed by atoms with Crippen LogP contribution in [0.15, 0.2) is 48.5 Å². The molecule has 0 aromatic heterocycles. The third-order valence-electron chi connectivity index (χ3n) is 3.96. The second-order valence-electron chi connectivity index (χ2n) is 6.09. The average molecular weight is 327 g/mol. The van der Waals surface area contributed by atoms with Crippen LogP contribution in [0.25, 0.3) is 0 Å². The number of hydrogen-bond acceptors (Lipinski definition) is 3. The van der Waals surface area contributed by atoms with Crippen molar-refractivity contribution in [3.63, 3.8) is 0 Å². The van der Waals surface area contributed by atoms with Gasteiger partial charge in [0.2, 0.25) is 5.91 Å². The highest BCUT2D eigenvalue weighted by molar-refractivity contribution is 5.79. The van der Waals surface area contributed by atoms with Crippen molar-refractivity contribution < 1.29 is 14.3 Å². The molecule has 0 aliphatic carbocycles. The minimum atomic E-state index is -0.0333. The standard InChI is InChI=1S/C20H25NO3/c1-14(2)20(16-8-10-17(23-3)11-9-16)21-19(22)13-15-6-5-7-18(12-15)24-4/h5-12,14,20H,13H2,1-4H3,(H,21,22). The molecule has 0 spiro atoms. The molecule has 4 nitrogen and oxygen atoms in total. The van der Waals surface area contributed by atoms with E-state index in [1.807, 2.05) is 48.5 Å². The zero-order valence-corrected chi connectivity index (χ0v) is 14.7. The summed E-state index contributed by atoms with van der Waals surface area (Å²) in [5.41, 5.74) is 2.01. The first-order valence-corrected chi connectivity index (χ1v) is 8.09.